The van der Waals surface area contributed by atoms with Gasteiger partial charge >= 0.3 is 5.97 Å². The van der Waals surface area contributed by atoms with Gasteiger partial charge in [0.2, 0.25) is 5.88 Å². The van der Waals surface area contributed by atoms with E-state index in [4.69, 9.17) is 9.84 Å². The zero-order chi connectivity index (χ0) is 21.1. The average Bonchev–Trinajstić information content (AvgIpc) is 3.47. The number of pyridine rings is 1. The van der Waals surface area contributed by atoms with Crippen molar-refractivity contribution in [3.63, 3.8) is 0 Å². The topological polar surface area (TPSA) is 62.7 Å². The van der Waals surface area contributed by atoms with Gasteiger partial charge in [-0.15, -0.1) is 0 Å². The van der Waals surface area contributed by atoms with Crippen molar-refractivity contribution in [2.75, 3.05) is 19.7 Å². The lowest BCUT2D eigenvalue weighted by Gasteiger charge is -2.35. The molecule has 0 amide bonds. The molecule has 1 saturated carbocycles. The van der Waals surface area contributed by atoms with Crippen molar-refractivity contribution in [1.29, 1.82) is 0 Å². The summed E-state index contributed by atoms with van der Waals surface area (Å²) in [5, 5.41) is 8.89. The predicted octanol–water partition coefficient (Wildman–Crippen LogP) is 3.90. The van der Waals surface area contributed by atoms with E-state index in [1.807, 2.05) is 26.0 Å². The van der Waals surface area contributed by atoms with Crippen molar-refractivity contribution in [1.82, 2.24) is 9.88 Å². The number of aromatic nitrogens is 1. The highest BCUT2D eigenvalue weighted by Crippen LogP contribution is 2.52. The van der Waals surface area contributed by atoms with Crippen LogP contribution in [0.2, 0.25) is 0 Å². The van der Waals surface area contributed by atoms with Crippen LogP contribution in [0.1, 0.15) is 60.6 Å². The smallest absolute Gasteiger partial charge is 0.303 e. The summed E-state index contributed by atoms with van der Waals surface area (Å²) in [6, 6.07) is 10.4. The highest BCUT2D eigenvalue weighted by Gasteiger charge is 2.48. The largest absolute Gasteiger partial charge is 0.481 e. The number of ether oxygens (including phenoxy) is 1. The van der Waals surface area contributed by atoms with E-state index in [0.717, 1.165) is 36.5 Å². The molecule has 2 heterocycles. The maximum Gasteiger partial charge on any atom is 0.303 e. The van der Waals surface area contributed by atoms with Crippen molar-refractivity contribution in [3.8, 4) is 17.7 Å². The molecule has 1 aliphatic carbocycles. The fourth-order valence-corrected chi connectivity index (χ4v) is 4.32. The van der Waals surface area contributed by atoms with E-state index in [0.29, 0.717) is 18.9 Å². The van der Waals surface area contributed by atoms with Gasteiger partial charge in [-0.05, 0) is 69.0 Å². The maximum atomic E-state index is 10.8. The summed E-state index contributed by atoms with van der Waals surface area (Å²) in [4.78, 5) is 17.7. The monoisotopic (exact) mass is 404 g/mol. The number of benzene rings is 1. The van der Waals surface area contributed by atoms with E-state index in [1.54, 1.807) is 0 Å². The van der Waals surface area contributed by atoms with Crippen LogP contribution in [0, 0.1) is 18.8 Å². The number of nitrogens with zero attached hydrogens (tertiary/aromatic N) is 2. The van der Waals surface area contributed by atoms with Crippen LogP contribution < -0.4 is 4.74 Å². The Kier molecular flexibility index (Phi) is 5.78. The van der Waals surface area contributed by atoms with Gasteiger partial charge in [-0.25, -0.2) is 4.98 Å². The van der Waals surface area contributed by atoms with Crippen LogP contribution in [-0.4, -0.2) is 40.7 Å². The lowest BCUT2D eigenvalue weighted by molar-refractivity contribution is -0.137. The second kappa shape index (κ2) is 8.49. The Morgan fingerprint density at radius 2 is 2.10 bits per heavy atom. The molecular formula is C25H28N2O3. The van der Waals surface area contributed by atoms with Crippen molar-refractivity contribution in [3.05, 3.63) is 58.3 Å². The minimum absolute atomic E-state index is 0.241. The molecule has 1 spiro atoms. The molecule has 4 rings (SSSR count). The summed E-state index contributed by atoms with van der Waals surface area (Å²) in [6.45, 7) is 7.27. The number of aliphatic carboxylic acids is 1. The van der Waals surface area contributed by atoms with Gasteiger partial charge in [0.25, 0.3) is 0 Å². The second-order valence-electron chi connectivity index (χ2n) is 8.33. The van der Waals surface area contributed by atoms with E-state index in [9.17, 15) is 4.79 Å². The molecule has 1 N–H and O–H groups in total. The summed E-state index contributed by atoms with van der Waals surface area (Å²) in [5.41, 5.74) is 5.87. The van der Waals surface area contributed by atoms with Gasteiger partial charge in [0.15, 0.2) is 0 Å². The number of carbonyl (C=O) groups is 1. The fourth-order valence-electron chi connectivity index (χ4n) is 4.32. The van der Waals surface area contributed by atoms with Gasteiger partial charge in [0.05, 0.1) is 12.3 Å². The van der Waals surface area contributed by atoms with Crippen LogP contribution in [0.3, 0.4) is 0 Å². The first-order valence-electron chi connectivity index (χ1n) is 10.7. The van der Waals surface area contributed by atoms with E-state index >= 15 is 0 Å². The summed E-state index contributed by atoms with van der Waals surface area (Å²) >= 11 is 0. The van der Waals surface area contributed by atoms with E-state index in [1.165, 1.54) is 24.0 Å². The lowest BCUT2D eigenvalue weighted by atomic mass is 9.85. The molecule has 0 saturated heterocycles. The molecule has 0 bridgehead atoms. The summed E-state index contributed by atoms with van der Waals surface area (Å²) in [5.74, 6) is 6.51. The van der Waals surface area contributed by atoms with Crippen molar-refractivity contribution in [2.45, 2.75) is 51.5 Å². The average molecular weight is 405 g/mol. The molecule has 1 aromatic carbocycles. The number of hydrogen-bond donors (Lipinski definition) is 1. The lowest BCUT2D eigenvalue weighted by Crippen LogP contribution is -2.38. The molecule has 2 aliphatic rings. The Labute approximate surface area is 178 Å². The van der Waals surface area contributed by atoms with Crippen LogP contribution in [-0.2, 0) is 16.8 Å². The van der Waals surface area contributed by atoms with E-state index in [2.05, 4.69) is 39.9 Å². The van der Waals surface area contributed by atoms with Gasteiger partial charge in [-0.1, -0.05) is 17.9 Å². The Morgan fingerprint density at radius 3 is 2.80 bits per heavy atom. The predicted molar refractivity (Wildman–Crippen MR) is 116 cm³/mol. The quantitative estimate of drug-likeness (QED) is 0.740. The summed E-state index contributed by atoms with van der Waals surface area (Å²) < 4.78 is 5.45. The highest BCUT2D eigenvalue weighted by atomic mass is 16.5. The minimum Gasteiger partial charge on any atom is -0.481 e. The van der Waals surface area contributed by atoms with Gasteiger partial charge in [-0.3, -0.25) is 9.69 Å². The van der Waals surface area contributed by atoms with Crippen LogP contribution in [0.15, 0.2) is 30.3 Å². The zero-order valence-electron chi connectivity index (χ0n) is 17.7. The Hall–Kier alpha value is -2.84. The third-order valence-electron chi connectivity index (χ3n) is 6.01. The molecule has 156 valence electrons. The van der Waals surface area contributed by atoms with Crippen LogP contribution >= 0.6 is 0 Å². The minimum atomic E-state index is -0.713. The first-order valence-corrected chi connectivity index (χ1v) is 10.7. The SMILES string of the molecule is CCOc1ccc(C#Cc2ccc3c(c2)C2(CC2)CN(CCCC(=O)O)C3)c(C)n1. The number of carboxylic acid groups (broad SMARTS) is 1. The van der Waals surface area contributed by atoms with Gasteiger partial charge in [-0.2, -0.15) is 0 Å². The fraction of sp³-hybridized carbons (Fsp3) is 0.440. The third-order valence-corrected chi connectivity index (χ3v) is 6.01. The number of carboxylic acids is 1. The first kappa shape index (κ1) is 20.4. The molecule has 0 radical (unpaired) electrons. The second-order valence-corrected chi connectivity index (χ2v) is 8.33. The summed E-state index contributed by atoms with van der Waals surface area (Å²) in [6.07, 6.45) is 3.35. The number of rotatable bonds is 6. The van der Waals surface area contributed by atoms with Gasteiger partial charge < -0.3 is 9.84 Å². The molecule has 1 aliphatic heterocycles. The standard InChI is InChI=1S/C25H28N2O3/c1-3-30-23-11-10-20(18(2)26-23)8-6-19-7-9-21-16-27(14-4-5-24(28)29)17-25(12-13-25)22(21)15-19/h7,9-11,15H,3-5,12-14,16-17H2,1-2H3,(H,28,29). The van der Waals surface area contributed by atoms with E-state index in [-0.39, 0.29) is 11.8 Å². The molecule has 2 aromatic rings. The molecule has 5 nitrogen and oxygen atoms in total. The maximum absolute atomic E-state index is 10.8. The van der Waals surface area contributed by atoms with Gasteiger partial charge in [0, 0.05) is 42.1 Å². The van der Waals surface area contributed by atoms with Crippen molar-refractivity contribution in [2.24, 2.45) is 0 Å². The Balaban J connectivity index is 1.51. The zero-order valence-corrected chi connectivity index (χ0v) is 17.7. The Bertz CT molecular complexity index is 1010. The van der Waals surface area contributed by atoms with Crippen LogP contribution in [0.5, 0.6) is 5.88 Å². The molecule has 1 fully saturated rings. The number of fused-ring (bicyclic) bond motifs is 2. The molecule has 5 heteroatoms. The molecule has 30 heavy (non-hydrogen) atoms. The summed E-state index contributed by atoms with van der Waals surface area (Å²) in [7, 11) is 0. The molecular weight excluding hydrogens is 376 g/mol. The van der Waals surface area contributed by atoms with Crippen molar-refractivity contribution >= 4 is 5.97 Å². The molecule has 1 aromatic heterocycles. The Morgan fingerprint density at radius 1 is 1.27 bits per heavy atom. The highest BCUT2D eigenvalue weighted by molar-refractivity contribution is 5.66. The third kappa shape index (κ3) is 4.49. The number of aryl methyl sites for hydroxylation is 1. The first-order chi connectivity index (χ1) is 14.5. The number of hydrogen-bond acceptors (Lipinski definition) is 4. The van der Waals surface area contributed by atoms with E-state index < -0.39 is 5.97 Å². The van der Waals surface area contributed by atoms with Crippen LogP contribution in [0.25, 0.3) is 0 Å². The molecule has 0 unspecified atom stereocenters. The van der Waals surface area contributed by atoms with Crippen molar-refractivity contribution < 1.29 is 14.6 Å². The van der Waals surface area contributed by atoms with Crippen LogP contribution in [0.4, 0.5) is 0 Å². The normalized spacial score (nSPS) is 16.5. The van der Waals surface area contributed by atoms with Gasteiger partial charge in [0.1, 0.15) is 0 Å². The molecule has 0 atom stereocenters.